The van der Waals surface area contributed by atoms with Gasteiger partial charge in [-0.2, -0.15) is 16.8 Å². The second-order valence-corrected chi connectivity index (χ2v) is 9.08. The molecular weight excluding hydrogens is 428 g/mol. The van der Waals surface area contributed by atoms with Crippen molar-refractivity contribution in [3.8, 4) is 0 Å². The van der Waals surface area contributed by atoms with Crippen molar-refractivity contribution in [3.05, 3.63) is 0 Å². The monoisotopic (exact) mass is 458 g/mol. The van der Waals surface area contributed by atoms with Gasteiger partial charge in [0.05, 0.1) is 62.2 Å². The standard InChI is InChI=1S/2C6H15NO6S/c2*8-3-6(4-9,5-10)7-1-2-14(11,12)13/h2*7-10H,1-5H2,(H,11,12,13). The van der Waals surface area contributed by atoms with Crippen LogP contribution in [0.5, 0.6) is 0 Å². The van der Waals surface area contributed by atoms with E-state index >= 15 is 0 Å². The summed E-state index contributed by atoms with van der Waals surface area (Å²) in [6.07, 6.45) is 0. The summed E-state index contributed by atoms with van der Waals surface area (Å²) in [6, 6.07) is 0. The van der Waals surface area contributed by atoms with Crippen LogP contribution < -0.4 is 10.6 Å². The van der Waals surface area contributed by atoms with Crippen molar-refractivity contribution < 1.29 is 56.6 Å². The molecule has 0 amide bonds. The molecule has 0 saturated carbocycles. The molecule has 16 heteroatoms. The van der Waals surface area contributed by atoms with E-state index < -0.39 is 82.5 Å². The lowest BCUT2D eigenvalue weighted by atomic mass is 10.0. The zero-order valence-electron chi connectivity index (χ0n) is 15.1. The predicted molar refractivity (Wildman–Crippen MR) is 96.8 cm³/mol. The van der Waals surface area contributed by atoms with Gasteiger partial charge in [0.2, 0.25) is 0 Å². The Morgan fingerprint density at radius 3 is 0.893 bits per heavy atom. The molecule has 0 heterocycles. The Morgan fingerprint density at radius 1 is 0.536 bits per heavy atom. The third-order valence-electron chi connectivity index (χ3n) is 3.54. The van der Waals surface area contributed by atoms with Gasteiger partial charge in [-0.15, -0.1) is 0 Å². The summed E-state index contributed by atoms with van der Waals surface area (Å²) in [5.41, 5.74) is -2.63. The highest BCUT2D eigenvalue weighted by molar-refractivity contribution is 7.86. The SMILES string of the molecule is O=S(=O)(O)CCNC(CO)(CO)CO.O=S(=O)(O)CCNC(CO)(CO)CO. The third kappa shape index (κ3) is 13.6. The summed E-state index contributed by atoms with van der Waals surface area (Å²) in [6.45, 7) is -3.55. The van der Waals surface area contributed by atoms with Crippen LogP contribution in [0.4, 0.5) is 0 Å². The highest BCUT2D eigenvalue weighted by Crippen LogP contribution is 2.01. The number of rotatable bonds is 14. The van der Waals surface area contributed by atoms with Crippen LogP contribution in [0.3, 0.4) is 0 Å². The number of aliphatic hydroxyl groups excluding tert-OH is 6. The quantitative estimate of drug-likeness (QED) is 0.109. The summed E-state index contributed by atoms with van der Waals surface area (Å²) in [7, 11) is -8.16. The van der Waals surface area contributed by atoms with E-state index in [1.54, 1.807) is 0 Å². The Bertz CT molecular complexity index is 532. The van der Waals surface area contributed by atoms with Crippen molar-refractivity contribution in [2.24, 2.45) is 0 Å². The fourth-order valence-corrected chi connectivity index (χ4v) is 2.25. The number of nitrogens with one attached hydrogen (secondary N) is 2. The largest absolute Gasteiger partial charge is 0.394 e. The van der Waals surface area contributed by atoms with Crippen LogP contribution >= 0.6 is 0 Å². The molecule has 0 aliphatic heterocycles. The van der Waals surface area contributed by atoms with Gasteiger partial charge in [0, 0.05) is 13.1 Å². The van der Waals surface area contributed by atoms with Crippen molar-refractivity contribution in [2.75, 3.05) is 64.2 Å². The van der Waals surface area contributed by atoms with Crippen LogP contribution in [0.15, 0.2) is 0 Å². The van der Waals surface area contributed by atoms with Gasteiger partial charge in [-0.1, -0.05) is 0 Å². The normalized spacial score (nSPS) is 13.1. The van der Waals surface area contributed by atoms with Crippen LogP contribution in [0.25, 0.3) is 0 Å². The zero-order valence-corrected chi connectivity index (χ0v) is 16.7. The zero-order chi connectivity index (χ0) is 22.5. The summed E-state index contributed by atoms with van der Waals surface area (Å²) in [5, 5.41) is 57.8. The first-order valence-corrected chi connectivity index (χ1v) is 11.1. The van der Waals surface area contributed by atoms with Gasteiger partial charge in [0.1, 0.15) is 0 Å². The molecule has 0 aromatic carbocycles. The van der Waals surface area contributed by atoms with Gasteiger partial charge in [-0.25, -0.2) is 0 Å². The molecule has 0 unspecified atom stereocenters. The summed E-state index contributed by atoms with van der Waals surface area (Å²) < 4.78 is 58.0. The molecule has 0 saturated heterocycles. The highest BCUT2D eigenvalue weighted by atomic mass is 32.2. The Labute approximate surface area is 163 Å². The number of hydrogen-bond donors (Lipinski definition) is 10. The van der Waals surface area contributed by atoms with Gasteiger partial charge in [-0.3, -0.25) is 9.11 Å². The maximum Gasteiger partial charge on any atom is 0.266 e. The second-order valence-electron chi connectivity index (χ2n) is 5.93. The maximum atomic E-state index is 10.3. The summed E-state index contributed by atoms with van der Waals surface area (Å²) in [5.74, 6) is -1.09. The van der Waals surface area contributed by atoms with E-state index in [-0.39, 0.29) is 13.1 Å². The lowest BCUT2D eigenvalue weighted by Gasteiger charge is -2.28. The molecule has 10 N–H and O–H groups in total. The minimum Gasteiger partial charge on any atom is -0.394 e. The molecule has 0 aliphatic carbocycles. The lowest BCUT2D eigenvalue weighted by Crippen LogP contribution is -2.55. The molecule has 14 nitrogen and oxygen atoms in total. The fraction of sp³-hybridized carbons (Fsp3) is 1.00. The second kappa shape index (κ2) is 13.7. The average molecular weight is 459 g/mol. The van der Waals surface area contributed by atoms with E-state index in [1.165, 1.54) is 0 Å². The Balaban J connectivity index is 0. The molecule has 172 valence electrons. The van der Waals surface area contributed by atoms with E-state index in [2.05, 4.69) is 10.6 Å². The molecule has 28 heavy (non-hydrogen) atoms. The number of aliphatic hydroxyl groups is 6. The average Bonchev–Trinajstić information content (AvgIpc) is 2.62. The van der Waals surface area contributed by atoms with Crippen LogP contribution in [0.1, 0.15) is 0 Å². The summed E-state index contributed by atoms with van der Waals surface area (Å²) >= 11 is 0. The van der Waals surface area contributed by atoms with Crippen LogP contribution in [0, 0.1) is 0 Å². The molecule has 0 aromatic heterocycles. The lowest BCUT2D eigenvalue weighted by molar-refractivity contribution is 0.0437. The topological polar surface area (TPSA) is 254 Å². The van der Waals surface area contributed by atoms with Gasteiger partial charge < -0.3 is 41.3 Å². The number of hydrogen-bond acceptors (Lipinski definition) is 12. The van der Waals surface area contributed by atoms with E-state index in [9.17, 15) is 16.8 Å². The first kappa shape index (κ1) is 29.7. The molecule has 0 aromatic rings. The van der Waals surface area contributed by atoms with Crippen molar-refractivity contribution in [1.29, 1.82) is 0 Å². The van der Waals surface area contributed by atoms with Crippen molar-refractivity contribution >= 4 is 20.2 Å². The van der Waals surface area contributed by atoms with E-state index in [4.69, 9.17) is 39.7 Å². The highest BCUT2D eigenvalue weighted by Gasteiger charge is 2.28. The minimum absolute atomic E-state index is 0.166. The van der Waals surface area contributed by atoms with Crippen molar-refractivity contribution in [3.63, 3.8) is 0 Å². The van der Waals surface area contributed by atoms with Crippen LogP contribution in [0.2, 0.25) is 0 Å². The van der Waals surface area contributed by atoms with Crippen LogP contribution in [-0.4, -0.2) is 132 Å². The third-order valence-corrected chi connectivity index (χ3v) is 4.98. The Morgan fingerprint density at radius 2 is 0.750 bits per heavy atom. The maximum absolute atomic E-state index is 10.3. The van der Waals surface area contributed by atoms with E-state index in [1.807, 2.05) is 0 Å². The first-order chi connectivity index (χ1) is 12.8. The minimum atomic E-state index is -4.08. The first-order valence-electron chi connectivity index (χ1n) is 7.83. The van der Waals surface area contributed by atoms with Gasteiger partial charge in [-0.05, 0) is 0 Å². The Hall–Kier alpha value is -0.500. The van der Waals surface area contributed by atoms with E-state index in [0.717, 1.165) is 0 Å². The van der Waals surface area contributed by atoms with Gasteiger partial charge in [0.15, 0.2) is 0 Å². The van der Waals surface area contributed by atoms with E-state index in [0.29, 0.717) is 0 Å². The molecule has 0 fully saturated rings. The molecule has 0 rings (SSSR count). The van der Waals surface area contributed by atoms with Crippen molar-refractivity contribution in [2.45, 2.75) is 11.1 Å². The Kier molecular flexibility index (Phi) is 14.5. The smallest absolute Gasteiger partial charge is 0.266 e. The predicted octanol–water partition coefficient (Wildman–Crippen LogP) is -5.64. The summed E-state index contributed by atoms with van der Waals surface area (Å²) in [4.78, 5) is 0. The molecular formula is C12H30N2O12S2. The fourth-order valence-electron chi connectivity index (χ4n) is 1.53. The molecule has 0 atom stereocenters. The van der Waals surface area contributed by atoms with Crippen LogP contribution in [-0.2, 0) is 20.2 Å². The van der Waals surface area contributed by atoms with Gasteiger partial charge >= 0.3 is 0 Å². The molecule has 0 aliphatic rings. The molecule has 0 bridgehead atoms. The molecule has 0 radical (unpaired) electrons. The van der Waals surface area contributed by atoms with Crippen molar-refractivity contribution in [1.82, 2.24) is 10.6 Å². The molecule has 0 spiro atoms. The van der Waals surface area contributed by atoms with Gasteiger partial charge in [0.25, 0.3) is 20.2 Å².